The number of hydrogen-bond donors (Lipinski definition) is 0. The molecule has 0 aliphatic rings. The summed E-state index contributed by atoms with van der Waals surface area (Å²) in [6, 6.07) is 0. The topological polar surface area (TPSA) is 0 Å². The SMILES string of the molecule is C=CC(=C)C.C=CC(=C)C.C=CC(=C)C.C=CC(=C)C.[Ti]. The number of rotatable bonds is 4. The van der Waals surface area contributed by atoms with Crippen LogP contribution in [0.3, 0.4) is 0 Å². The Morgan fingerprint density at radius 2 is 0.524 bits per heavy atom. The van der Waals surface area contributed by atoms with Crippen molar-refractivity contribution < 1.29 is 21.7 Å². The van der Waals surface area contributed by atoms with Crippen LogP contribution in [0.25, 0.3) is 0 Å². The van der Waals surface area contributed by atoms with Gasteiger partial charge in [0.1, 0.15) is 0 Å². The fourth-order valence-electron chi connectivity index (χ4n) is 0. The number of hydrogen-bond acceptors (Lipinski definition) is 0. The smallest absolute Gasteiger partial charge is 0 e. The van der Waals surface area contributed by atoms with Crippen molar-refractivity contribution in [2.75, 3.05) is 0 Å². The summed E-state index contributed by atoms with van der Waals surface area (Å²) in [6.07, 6.45) is 6.89. The third kappa shape index (κ3) is 117. The Hall–Kier alpha value is -1.37. The van der Waals surface area contributed by atoms with Crippen LogP contribution >= 0.6 is 0 Å². The van der Waals surface area contributed by atoms with E-state index >= 15 is 0 Å². The summed E-state index contributed by atoms with van der Waals surface area (Å²) in [5.74, 6) is 0. The van der Waals surface area contributed by atoms with Crippen LogP contribution in [0.2, 0.25) is 0 Å². The second kappa shape index (κ2) is 27.1. The first-order chi connectivity index (χ1) is 9.08. The van der Waals surface area contributed by atoms with Gasteiger partial charge >= 0.3 is 0 Å². The van der Waals surface area contributed by atoms with E-state index in [0.29, 0.717) is 0 Å². The van der Waals surface area contributed by atoms with Crippen molar-refractivity contribution in [2.45, 2.75) is 27.7 Å². The molecule has 0 amide bonds. The van der Waals surface area contributed by atoms with Gasteiger partial charge < -0.3 is 0 Å². The minimum atomic E-state index is 0. The van der Waals surface area contributed by atoms with Crippen LogP contribution in [0, 0.1) is 0 Å². The molecule has 0 rings (SSSR count). The predicted molar refractivity (Wildman–Crippen MR) is 100 cm³/mol. The molecule has 0 heterocycles. The van der Waals surface area contributed by atoms with Crippen molar-refractivity contribution in [3.63, 3.8) is 0 Å². The van der Waals surface area contributed by atoms with Gasteiger partial charge in [-0.15, -0.1) is 0 Å². The molecule has 0 aliphatic carbocycles. The van der Waals surface area contributed by atoms with E-state index in [2.05, 4.69) is 52.6 Å². The first kappa shape index (κ1) is 31.8. The van der Waals surface area contributed by atoms with Gasteiger partial charge in [-0.3, -0.25) is 0 Å². The summed E-state index contributed by atoms with van der Waals surface area (Å²) in [4.78, 5) is 0. The molecule has 0 aromatic rings. The van der Waals surface area contributed by atoms with Gasteiger partial charge in [0.05, 0.1) is 0 Å². The second-order valence-electron chi connectivity index (χ2n) is 4.20. The Morgan fingerprint density at radius 1 is 0.476 bits per heavy atom. The third-order valence-electron chi connectivity index (χ3n) is 1.39. The molecule has 21 heavy (non-hydrogen) atoms. The molecule has 0 bridgehead atoms. The van der Waals surface area contributed by atoms with Crippen molar-refractivity contribution in [2.24, 2.45) is 0 Å². The fourth-order valence-corrected chi connectivity index (χ4v) is 0. The van der Waals surface area contributed by atoms with E-state index in [9.17, 15) is 0 Å². The molecular formula is C20H32Ti. The van der Waals surface area contributed by atoms with Gasteiger partial charge in [-0.1, -0.05) is 99.2 Å². The molecule has 0 saturated heterocycles. The Bertz CT molecular complexity index is 282. The summed E-state index contributed by atoms with van der Waals surface area (Å²) < 4.78 is 0. The molecule has 0 spiro atoms. The summed E-state index contributed by atoms with van der Waals surface area (Å²) >= 11 is 0. The molecule has 0 atom stereocenters. The Balaban J connectivity index is -0.0000000533. The van der Waals surface area contributed by atoms with Crippen LogP contribution < -0.4 is 0 Å². The van der Waals surface area contributed by atoms with Crippen LogP contribution in [-0.4, -0.2) is 0 Å². The molecule has 0 aromatic heterocycles. The zero-order valence-electron chi connectivity index (χ0n) is 14.5. The van der Waals surface area contributed by atoms with E-state index in [4.69, 9.17) is 0 Å². The monoisotopic (exact) mass is 320 g/mol. The van der Waals surface area contributed by atoms with Gasteiger partial charge in [-0.25, -0.2) is 0 Å². The molecule has 0 aliphatic heterocycles. The summed E-state index contributed by atoms with van der Waals surface area (Å²) in [5.41, 5.74) is 4.07. The molecule has 0 radical (unpaired) electrons. The van der Waals surface area contributed by atoms with Gasteiger partial charge in [0.2, 0.25) is 0 Å². The fraction of sp³-hybridized carbons (Fsp3) is 0.200. The van der Waals surface area contributed by atoms with E-state index in [-0.39, 0.29) is 21.7 Å². The van der Waals surface area contributed by atoms with Crippen molar-refractivity contribution in [3.8, 4) is 0 Å². The maximum Gasteiger partial charge on any atom is 0 e. The molecule has 0 saturated carbocycles. The van der Waals surface area contributed by atoms with Gasteiger partial charge in [0, 0.05) is 21.7 Å². The predicted octanol–water partition coefficient (Wildman–Crippen LogP) is 6.99. The van der Waals surface area contributed by atoms with E-state index in [1.807, 2.05) is 27.7 Å². The third-order valence-corrected chi connectivity index (χ3v) is 1.39. The van der Waals surface area contributed by atoms with Crippen LogP contribution in [0.5, 0.6) is 0 Å². The van der Waals surface area contributed by atoms with Gasteiger partial charge in [-0.2, -0.15) is 0 Å². The van der Waals surface area contributed by atoms with Crippen LogP contribution in [0.4, 0.5) is 0 Å². The Labute approximate surface area is 148 Å². The van der Waals surface area contributed by atoms with Gasteiger partial charge in [0.15, 0.2) is 0 Å². The summed E-state index contributed by atoms with van der Waals surface area (Å²) in [5, 5.41) is 0. The van der Waals surface area contributed by atoms with Crippen LogP contribution in [-0.2, 0) is 21.7 Å². The Morgan fingerprint density at radius 3 is 0.524 bits per heavy atom. The maximum absolute atomic E-state index is 3.56. The van der Waals surface area contributed by atoms with E-state index in [0.717, 1.165) is 22.3 Å². The van der Waals surface area contributed by atoms with Crippen molar-refractivity contribution in [3.05, 3.63) is 99.2 Å². The summed E-state index contributed by atoms with van der Waals surface area (Å²) in [6.45, 7) is 35.7. The van der Waals surface area contributed by atoms with Gasteiger partial charge in [-0.05, 0) is 27.7 Å². The molecular weight excluding hydrogens is 288 g/mol. The normalized spacial score (nSPS) is 6.29. The van der Waals surface area contributed by atoms with E-state index < -0.39 is 0 Å². The zero-order chi connectivity index (χ0) is 17.1. The molecule has 0 unspecified atom stereocenters. The van der Waals surface area contributed by atoms with Crippen molar-refractivity contribution in [1.29, 1.82) is 0 Å². The van der Waals surface area contributed by atoms with Crippen molar-refractivity contribution in [1.82, 2.24) is 0 Å². The van der Waals surface area contributed by atoms with Crippen LogP contribution in [0.1, 0.15) is 27.7 Å². The molecule has 0 aromatic carbocycles. The minimum Gasteiger partial charge on any atom is -0.0988 e. The standard InChI is InChI=1S/4C5H8.Ti/c4*1-4-5(2)3;/h4*4H,1-2H2,3H3;. The van der Waals surface area contributed by atoms with Gasteiger partial charge in [0.25, 0.3) is 0 Å². The van der Waals surface area contributed by atoms with E-state index in [1.54, 1.807) is 24.3 Å². The van der Waals surface area contributed by atoms with Crippen molar-refractivity contribution >= 4 is 0 Å². The minimum absolute atomic E-state index is 0. The van der Waals surface area contributed by atoms with Crippen LogP contribution in [0.15, 0.2) is 99.2 Å². The average molecular weight is 320 g/mol. The first-order valence-electron chi connectivity index (χ1n) is 6.20. The molecule has 0 fully saturated rings. The first-order valence-corrected chi connectivity index (χ1v) is 6.20. The summed E-state index contributed by atoms with van der Waals surface area (Å²) in [7, 11) is 0. The quantitative estimate of drug-likeness (QED) is 0.387. The zero-order valence-corrected chi connectivity index (χ0v) is 16.0. The molecule has 0 nitrogen and oxygen atoms in total. The molecule has 0 N–H and O–H groups in total. The molecule has 1 heteroatoms. The Kier molecular flexibility index (Phi) is 41.0. The largest absolute Gasteiger partial charge is 0.0988 e. The maximum atomic E-state index is 3.56. The average Bonchev–Trinajstić information content (AvgIpc) is 2.40. The van der Waals surface area contributed by atoms with E-state index in [1.165, 1.54) is 0 Å². The molecule has 116 valence electrons. The number of allylic oxidation sites excluding steroid dienone is 8. The second-order valence-corrected chi connectivity index (χ2v) is 4.20.